The maximum absolute atomic E-state index is 11.6. The molecule has 0 radical (unpaired) electrons. The van der Waals surface area contributed by atoms with E-state index in [4.69, 9.17) is 13.9 Å². The van der Waals surface area contributed by atoms with Gasteiger partial charge in [-0.05, 0) is 50.7 Å². The zero-order valence-electron chi connectivity index (χ0n) is 16.3. The highest BCUT2D eigenvalue weighted by molar-refractivity contribution is 5.76. The van der Waals surface area contributed by atoms with Gasteiger partial charge in [0.15, 0.2) is 0 Å². The first-order valence-corrected chi connectivity index (χ1v) is 9.68. The Morgan fingerprint density at radius 1 is 1.35 bits per heavy atom. The van der Waals surface area contributed by atoms with Crippen LogP contribution in [-0.4, -0.2) is 68.3 Å². The molecule has 6 heteroatoms. The lowest BCUT2D eigenvalue weighted by Crippen LogP contribution is -2.47. The maximum Gasteiger partial charge on any atom is 0.248 e. The van der Waals surface area contributed by atoms with Gasteiger partial charge >= 0.3 is 0 Å². The van der Waals surface area contributed by atoms with E-state index in [1.165, 1.54) is 0 Å². The summed E-state index contributed by atoms with van der Waals surface area (Å²) in [7, 11) is 3.51. The first-order chi connectivity index (χ1) is 12.5. The smallest absolute Gasteiger partial charge is 0.248 e. The van der Waals surface area contributed by atoms with Crippen LogP contribution in [0, 0.1) is 12.8 Å². The normalized spacial score (nSPS) is 22.8. The second kappa shape index (κ2) is 8.55. The number of nitrogens with zero attached hydrogens (tertiary/aromatic N) is 2. The molecule has 2 saturated heterocycles. The van der Waals surface area contributed by atoms with E-state index in [1.807, 2.05) is 13.0 Å². The third kappa shape index (κ3) is 4.67. The van der Waals surface area contributed by atoms with E-state index in [2.05, 4.69) is 11.0 Å². The summed E-state index contributed by atoms with van der Waals surface area (Å²) in [6, 6.07) is 4.10. The molecule has 146 valence electrons. The Morgan fingerprint density at radius 3 is 2.77 bits per heavy atom. The molecule has 2 fully saturated rings. The second-order valence-corrected chi connectivity index (χ2v) is 7.82. The largest absolute Gasteiger partial charge is 0.465 e. The van der Waals surface area contributed by atoms with Crippen molar-refractivity contribution >= 4 is 5.91 Å². The molecule has 1 aromatic heterocycles. The number of likely N-dealkylation sites (N-methyl/N-ethyl adjacent to an activating group) is 1. The lowest BCUT2D eigenvalue weighted by atomic mass is 9.78. The summed E-state index contributed by atoms with van der Waals surface area (Å²) in [6.07, 6.45) is 4.20. The van der Waals surface area contributed by atoms with Crippen LogP contribution in [0.5, 0.6) is 0 Å². The molecular weight excluding hydrogens is 332 g/mol. The number of aryl methyl sites for hydroxylation is 1. The van der Waals surface area contributed by atoms with Crippen LogP contribution in [-0.2, 0) is 20.8 Å². The van der Waals surface area contributed by atoms with Crippen molar-refractivity contribution in [2.75, 3.05) is 47.0 Å². The highest BCUT2D eigenvalue weighted by atomic mass is 16.5. The van der Waals surface area contributed by atoms with Gasteiger partial charge in [0, 0.05) is 40.4 Å². The van der Waals surface area contributed by atoms with Gasteiger partial charge in [-0.25, -0.2) is 0 Å². The number of amides is 1. The van der Waals surface area contributed by atoms with E-state index in [-0.39, 0.29) is 18.1 Å². The third-order valence-corrected chi connectivity index (χ3v) is 5.81. The molecular formula is C20H32N2O4. The van der Waals surface area contributed by atoms with Crippen LogP contribution in [0.25, 0.3) is 0 Å². The molecule has 1 atom stereocenters. The van der Waals surface area contributed by atoms with Crippen LogP contribution in [0.4, 0.5) is 0 Å². The minimum Gasteiger partial charge on any atom is -0.465 e. The van der Waals surface area contributed by atoms with Crippen LogP contribution in [0.15, 0.2) is 16.5 Å². The number of ether oxygens (including phenoxy) is 2. The molecule has 2 aliphatic heterocycles. The van der Waals surface area contributed by atoms with E-state index in [9.17, 15) is 4.79 Å². The van der Waals surface area contributed by atoms with Gasteiger partial charge < -0.3 is 18.8 Å². The van der Waals surface area contributed by atoms with Gasteiger partial charge in [0.1, 0.15) is 18.1 Å². The molecule has 0 aromatic carbocycles. The van der Waals surface area contributed by atoms with Crippen molar-refractivity contribution in [3.63, 3.8) is 0 Å². The molecule has 0 bridgehead atoms. The monoisotopic (exact) mass is 364 g/mol. The third-order valence-electron chi connectivity index (χ3n) is 5.81. The topological polar surface area (TPSA) is 55.2 Å². The summed E-state index contributed by atoms with van der Waals surface area (Å²) >= 11 is 0. The fourth-order valence-electron chi connectivity index (χ4n) is 4.14. The fraction of sp³-hybridized carbons (Fsp3) is 0.750. The first-order valence-electron chi connectivity index (χ1n) is 9.68. The van der Waals surface area contributed by atoms with Gasteiger partial charge in [0.05, 0.1) is 12.1 Å². The van der Waals surface area contributed by atoms with E-state index in [1.54, 1.807) is 19.0 Å². The van der Waals surface area contributed by atoms with E-state index in [0.29, 0.717) is 12.5 Å². The lowest BCUT2D eigenvalue weighted by molar-refractivity contribution is -0.133. The molecule has 0 saturated carbocycles. The van der Waals surface area contributed by atoms with Crippen LogP contribution in [0.3, 0.4) is 0 Å². The quantitative estimate of drug-likeness (QED) is 0.696. The minimum absolute atomic E-state index is 0.00446. The van der Waals surface area contributed by atoms with Crippen LogP contribution < -0.4 is 0 Å². The standard InChI is InChI=1S/C20H32N2O4/c1-16-4-5-18(26-16)14-22-10-8-20(9-11-22)17(7-13-25-20)6-12-24-15-19(23)21(2)3/h4-5,17H,6-15H2,1-3H3. The zero-order chi connectivity index (χ0) is 18.6. The Bertz CT molecular complexity index is 590. The number of hydrogen-bond acceptors (Lipinski definition) is 5. The van der Waals surface area contributed by atoms with Crippen molar-refractivity contribution in [3.05, 3.63) is 23.7 Å². The Morgan fingerprint density at radius 2 is 2.12 bits per heavy atom. The molecule has 1 unspecified atom stereocenters. The van der Waals surface area contributed by atoms with Crippen molar-refractivity contribution in [2.45, 2.75) is 44.8 Å². The highest BCUT2D eigenvalue weighted by Crippen LogP contribution is 2.42. The average Bonchev–Trinajstić information content (AvgIpc) is 3.20. The molecule has 2 aliphatic rings. The van der Waals surface area contributed by atoms with Crippen molar-refractivity contribution in [1.82, 2.24) is 9.80 Å². The molecule has 3 rings (SSSR count). The van der Waals surface area contributed by atoms with Crippen molar-refractivity contribution in [3.8, 4) is 0 Å². The fourth-order valence-corrected chi connectivity index (χ4v) is 4.14. The molecule has 1 amide bonds. The highest BCUT2D eigenvalue weighted by Gasteiger charge is 2.45. The van der Waals surface area contributed by atoms with Gasteiger partial charge in [-0.1, -0.05) is 0 Å². The molecule has 0 N–H and O–H groups in total. The second-order valence-electron chi connectivity index (χ2n) is 7.82. The van der Waals surface area contributed by atoms with Crippen LogP contribution >= 0.6 is 0 Å². The molecule has 3 heterocycles. The van der Waals surface area contributed by atoms with Gasteiger partial charge in [-0.15, -0.1) is 0 Å². The van der Waals surface area contributed by atoms with E-state index < -0.39 is 0 Å². The number of hydrogen-bond donors (Lipinski definition) is 0. The number of piperidine rings is 1. The van der Waals surface area contributed by atoms with Crippen molar-refractivity contribution in [2.24, 2.45) is 5.92 Å². The predicted octanol–water partition coefficient (Wildman–Crippen LogP) is 2.45. The first kappa shape index (κ1) is 19.4. The van der Waals surface area contributed by atoms with Gasteiger partial charge in [0.2, 0.25) is 5.91 Å². The number of furan rings is 1. The summed E-state index contributed by atoms with van der Waals surface area (Å²) in [5.41, 5.74) is 0.00446. The summed E-state index contributed by atoms with van der Waals surface area (Å²) in [5, 5.41) is 0. The van der Waals surface area contributed by atoms with E-state index >= 15 is 0 Å². The number of carbonyl (C=O) groups is 1. The van der Waals surface area contributed by atoms with Crippen molar-refractivity contribution in [1.29, 1.82) is 0 Å². The Labute approximate surface area is 156 Å². The summed E-state index contributed by atoms with van der Waals surface area (Å²) in [6.45, 7) is 6.59. The van der Waals surface area contributed by atoms with Gasteiger partial charge in [-0.2, -0.15) is 0 Å². The Kier molecular flexibility index (Phi) is 6.37. The average molecular weight is 364 g/mol. The molecule has 0 aliphatic carbocycles. The Balaban J connectivity index is 1.43. The van der Waals surface area contributed by atoms with Crippen LogP contribution in [0.2, 0.25) is 0 Å². The minimum atomic E-state index is 0.00446. The zero-order valence-corrected chi connectivity index (χ0v) is 16.3. The number of likely N-dealkylation sites (tertiary alicyclic amines) is 1. The van der Waals surface area contributed by atoms with Crippen molar-refractivity contribution < 1.29 is 18.7 Å². The Hall–Kier alpha value is -1.37. The predicted molar refractivity (Wildman–Crippen MR) is 98.9 cm³/mol. The van der Waals surface area contributed by atoms with E-state index in [0.717, 1.165) is 63.4 Å². The molecule has 1 spiro atoms. The summed E-state index contributed by atoms with van der Waals surface area (Å²) in [4.78, 5) is 15.6. The van der Waals surface area contributed by atoms with Gasteiger partial charge in [0.25, 0.3) is 0 Å². The molecule has 26 heavy (non-hydrogen) atoms. The maximum atomic E-state index is 11.6. The molecule has 1 aromatic rings. The SMILES string of the molecule is Cc1ccc(CN2CCC3(CC2)OCCC3CCOCC(=O)N(C)C)o1. The number of carbonyl (C=O) groups excluding carboxylic acids is 1. The summed E-state index contributed by atoms with van der Waals surface area (Å²) in [5.74, 6) is 2.57. The van der Waals surface area contributed by atoms with Crippen LogP contribution in [0.1, 0.15) is 37.2 Å². The molecule has 6 nitrogen and oxygen atoms in total. The number of rotatable bonds is 7. The van der Waals surface area contributed by atoms with Gasteiger partial charge in [-0.3, -0.25) is 9.69 Å². The lowest BCUT2D eigenvalue weighted by Gasteiger charge is -2.42. The summed E-state index contributed by atoms with van der Waals surface area (Å²) < 4.78 is 17.5.